The topological polar surface area (TPSA) is 75.3 Å². The Labute approximate surface area is 126 Å². The standard InChI is InChI=1S/C13H20N2O3S.ClH/c1-14-7-6-13(16)15-9-11-4-3-5-12(8-11)10-19(2,17)18;/h3-5,8,14H,6-7,9-10H2,1-2H3,(H,15,16);1H. The van der Waals surface area contributed by atoms with Crippen molar-refractivity contribution < 1.29 is 13.2 Å². The predicted molar refractivity (Wildman–Crippen MR) is 82.6 cm³/mol. The van der Waals surface area contributed by atoms with Gasteiger partial charge in [0.05, 0.1) is 5.75 Å². The molecule has 0 aliphatic heterocycles. The van der Waals surface area contributed by atoms with Gasteiger partial charge in [-0.1, -0.05) is 24.3 Å². The van der Waals surface area contributed by atoms with Gasteiger partial charge in [-0.25, -0.2) is 8.42 Å². The lowest BCUT2D eigenvalue weighted by Crippen LogP contribution is -2.26. The van der Waals surface area contributed by atoms with Gasteiger partial charge >= 0.3 is 0 Å². The Kier molecular flexibility index (Phi) is 8.45. The van der Waals surface area contributed by atoms with Crippen LogP contribution in [-0.4, -0.2) is 34.2 Å². The summed E-state index contributed by atoms with van der Waals surface area (Å²) in [6.45, 7) is 1.06. The average molecular weight is 321 g/mol. The summed E-state index contributed by atoms with van der Waals surface area (Å²) in [4.78, 5) is 11.4. The minimum absolute atomic E-state index is 0. The van der Waals surface area contributed by atoms with E-state index in [-0.39, 0.29) is 24.1 Å². The van der Waals surface area contributed by atoms with Crippen molar-refractivity contribution in [1.82, 2.24) is 10.6 Å². The Hall–Kier alpha value is -1.11. The Bertz CT molecular complexity index is 532. The van der Waals surface area contributed by atoms with Crippen LogP contribution in [0.3, 0.4) is 0 Å². The maximum absolute atomic E-state index is 11.4. The molecule has 7 heteroatoms. The molecule has 0 heterocycles. The molecule has 0 aliphatic carbocycles. The van der Waals surface area contributed by atoms with Crippen molar-refractivity contribution >= 4 is 28.2 Å². The van der Waals surface area contributed by atoms with Gasteiger partial charge in [-0.05, 0) is 18.2 Å². The largest absolute Gasteiger partial charge is 0.352 e. The third-order valence-electron chi connectivity index (χ3n) is 2.51. The summed E-state index contributed by atoms with van der Waals surface area (Å²) < 4.78 is 22.4. The highest BCUT2D eigenvalue weighted by Crippen LogP contribution is 2.08. The second-order valence-electron chi connectivity index (χ2n) is 4.52. The Morgan fingerprint density at radius 3 is 2.50 bits per heavy atom. The van der Waals surface area contributed by atoms with Crippen LogP contribution in [0.25, 0.3) is 0 Å². The van der Waals surface area contributed by atoms with Gasteiger partial charge in [-0.3, -0.25) is 4.79 Å². The molecule has 5 nitrogen and oxygen atoms in total. The molecule has 0 spiro atoms. The van der Waals surface area contributed by atoms with E-state index < -0.39 is 9.84 Å². The monoisotopic (exact) mass is 320 g/mol. The summed E-state index contributed by atoms with van der Waals surface area (Å²) in [5, 5.41) is 5.70. The molecule has 0 bridgehead atoms. The van der Waals surface area contributed by atoms with E-state index in [1.165, 1.54) is 6.26 Å². The first-order chi connectivity index (χ1) is 8.90. The van der Waals surface area contributed by atoms with Crippen LogP contribution < -0.4 is 10.6 Å². The number of carbonyl (C=O) groups is 1. The second kappa shape index (κ2) is 8.94. The minimum atomic E-state index is -3.03. The zero-order chi connectivity index (χ0) is 14.3. The molecule has 20 heavy (non-hydrogen) atoms. The van der Waals surface area contributed by atoms with Gasteiger partial charge in [0, 0.05) is 25.8 Å². The summed E-state index contributed by atoms with van der Waals surface area (Å²) in [6.07, 6.45) is 1.64. The molecule has 0 saturated heterocycles. The Balaban J connectivity index is 0.00000361. The maximum atomic E-state index is 11.4. The number of halogens is 1. The zero-order valence-electron chi connectivity index (χ0n) is 11.7. The maximum Gasteiger partial charge on any atom is 0.221 e. The van der Waals surface area contributed by atoms with E-state index in [1.54, 1.807) is 25.2 Å². The number of rotatable bonds is 7. The van der Waals surface area contributed by atoms with Crippen LogP contribution in [0.15, 0.2) is 24.3 Å². The van der Waals surface area contributed by atoms with Crippen molar-refractivity contribution in [1.29, 1.82) is 0 Å². The van der Waals surface area contributed by atoms with Gasteiger partial charge in [0.25, 0.3) is 0 Å². The molecule has 0 unspecified atom stereocenters. The number of hydrogen-bond acceptors (Lipinski definition) is 4. The molecule has 0 aromatic heterocycles. The smallest absolute Gasteiger partial charge is 0.221 e. The fourth-order valence-corrected chi connectivity index (χ4v) is 2.44. The van der Waals surface area contributed by atoms with Gasteiger partial charge in [0.2, 0.25) is 5.91 Å². The quantitative estimate of drug-likeness (QED) is 0.782. The van der Waals surface area contributed by atoms with Crippen LogP contribution >= 0.6 is 12.4 Å². The fourth-order valence-electron chi connectivity index (χ4n) is 1.66. The lowest BCUT2D eigenvalue weighted by atomic mass is 10.1. The average Bonchev–Trinajstić information content (AvgIpc) is 2.32. The van der Waals surface area contributed by atoms with Crippen LogP contribution in [-0.2, 0) is 26.9 Å². The van der Waals surface area contributed by atoms with Crippen molar-refractivity contribution in [3.63, 3.8) is 0 Å². The zero-order valence-corrected chi connectivity index (χ0v) is 13.3. The summed E-state index contributed by atoms with van der Waals surface area (Å²) >= 11 is 0. The van der Waals surface area contributed by atoms with E-state index in [9.17, 15) is 13.2 Å². The van der Waals surface area contributed by atoms with Gasteiger partial charge in [-0.15, -0.1) is 12.4 Å². The van der Waals surface area contributed by atoms with Crippen molar-refractivity contribution in [3.8, 4) is 0 Å². The molecule has 0 fully saturated rings. The summed E-state index contributed by atoms with van der Waals surface area (Å²) in [7, 11) is -1.24. The van der Waals surface area contributed by atoms with Crippen LogP contribution in [0.2, 0.25) is 0 Å². The highest BCUT2D eigenvalue weighted by molar-refractivity contribution is 7.89. The van der Waals surface area contributed by atoms with Gasteiger partial charge < -0.3 is 10.6 Å². The predicted octanol–water partition coefficient (Wildman–Crippen LogP) is 0.879. The molecule has 114 valence electrons. The highest BCUT2D eigenvalue weighted by atomic mass is 35.5. The van der Waals surface area contributed by atoms with Crippen LogP contribution in [0.5, 0.6) is 0 Å². The lowest BCUT2D eigenvalue weighted by Gasteiger charge is -2.07. The third-order valence-corrected chi connectivity index (χ3v) is 3.37. The first-order valence-electron chi connectivity index (χ1n) is 6.07. The van der Waals surface area contributed by atoms with E-state index in [4.69, 9.17) is 0 Å². The summed E-state index contributed by atoms with van der Waals surface area (Å²) in [5.41, 5.74) is 1.64. The van der Waals surface area contributed by atoms with Gasteiger partial charge in [0.1, 0.15) is 0 Å². The van der Waals surface area contributed by atoms with Crippen molar-refractivity contribution in [2.45, 2.75) is 18.7 Å². The minimum Gasteiger partial charge on any atom is -0.352 e. The van der Waals surface area contributed by atoms with Crippen LogP contribution in [0.4, 0.5) is 0 Å². The van der Waals surface area contributed by atoms with Crippen LogP contribution in [0.1, 0.15) is 17.5 Å². The lowest BCUT2D eigenvalue weighted by molar-refractivity contribution is -0.121. The van der Waals surface area contributed by atoms with Gasteiger partial charge in [-0.2, -0.15) is 0 Å². The number of amides is 1. The molecule has 0 aliphatic rings. The van der Waals surface area contributed by atoms with E-state index in [1.807, 2.05) is 6.07 Å². The fraction of sp³-hybridized carbons (Fsp3) is 0.462. The Morgan fingerprint density at radius 2 is 1.90 bits per heavy atom. The van der Waals surface area contributed by atoms with Crippen LogP contribution in [0, 0.1) is 0 Å². The molecular weight excluding hydrogens is 300 g/mol. The number of hydrogen-bond donors (Lipinski definition) is 2. The molecule has 0 radical (unpaired) electrons. The number of carbonyl (C=O) groups excluding carboxylic acids is 1. The number of benzene rings is 1. The van der Waals surface area contributed by atoms with Crippen molar-refractivity contribution in [2.24, 2.45) is 0 Å². The first-order valence-corrected chi connectivity index (χ1v) is 8.13. The molecule has 1 aromatic carbocycles. The van der Waals surface area contributed by atoms with E-state index in [0.717, 1.165) is 11.1 Å². The van der Waals surface area contributed by atoms with E-state index in [2.05, 4.69) is 10.6 Å². The molecular formula is C13H21ClN2O3S. The molecule has 0 atom stereocenters. The second-order valence-corrected chi connectivity index (χ2v) is 6.66. The van der Waals surface area contributed by atoms with Gasteiger partial charge in [0.15, 0.2) is 9.84 Å². The first kappa shape index (κ1) is 18.9. The van der Waals surface area contributed by atoms with Crippen molar-refractivity contribution in [2.75, 3.05) is 19.8 Å². The van der Waals surface area contributed by atoms with Crippen molar-refractivity contribution in [3.05, 3.63) is 35.4 Å². The molecule has 1 amide bonds. The number of sulfone groups is 1. The molecule has 0 saturated carbocycles. The third kappa shape index (κ3) is 8.14. The summed E-state index contributed by atoms with van der Waals surface area (Å²) in [5.74, 6) is -0.00276. The number of nitrogens with one attached hydrogen (secondary N) is 2. The Morgan fingerprint density at radius 1 is 1.25 bits per heavy atom. The molecule has 1 rings (SSSR count). The van der Waals surface area contributed by atoms with E-state index >= 15 is 0 Å². The van der Waals surface area contributed by atoms with E-state index in [0.29, 0.717) is 19.5 Å². The normalized spacial score (nSPS) is 10.7. The molecule has 2 N–H and O–H groups in total. The SMILES string of the molecule is CNCCC(=O)NCc1cccc(CS(C)(=O)=O)c1.Cl. The molecule has 1 aromatic rings. The highest BCUT2D eigenvalue weighted by Gasteiger charge is 2.05. The summed E-state index contributed by atoms with van der Waals surface area (Å²) in [6, 6.07) is 7.24.